The SMILES string of the molecule is COCC(C)(CCO)NC(=O)c1ccccc1F. The molecule has 0 aliphatic rings. The fraction of sp³-hybridized carbons (Fsp3) is 0.462. The first kappa shape index (κ1) is 14.6. The number of aliphatic hydroxyl groups excluding tert-OH is 1. The van der Waals surface area contributed by atoms with E-state index in [1.165, 1.54) is 25.3 Å². The fourth-order valence-electron chi connectivity index (χ4n) is 1.72. The van der Waals surface area contributed by atoms with Gasteiger partial charge in [0.25, 0.3) is 5.91 Å². The Hall–Kier alpha value is -1.46. The van der Waals surface area contributed by atoms with E-state index in [-0.39, 0.29) is 18.8 Å². The van der Waals surface area contributed by atoms with Crippen LogP contribution in [-0.4, -0.2) is 36.9 Å². The van der Waals surface area contributed by atoms with Crippen LogP contribution in [0, 0.1) is 5.82 Å². The Labute approximate surface area is 106 Å². The average molecular weight is 255 g/mol. The van der Waals surface area contributed by atoms with Crippen molar-refractivity contribution >= 4 is 5.91 Å². The molecule has 1 rings (SSSR count). The summed E-state index contributed by atoms with van der Waals surface area (Å²) in [4.78, 5) is 11.9. The van der Waals surface area contributed by atoms with Gasteiger partial charge in [-0.25, -0.2) is 4.39 Å². The average Bonchev–Trinajstić information content (AvgIpc) is 2.29. The summed E-state index contributed by atoms with van der Waals surface area (Å²) >= 11 is 0. The van der Waals surface area contributed by atoms with Crippen LogP contribution in [0.15, 0.2) is 24.3 Å². The van der Waals surface area contributed by atoms with Crippen LogP contribution in [0.1, 0.15) is 23.7 Å². The Balaban J connectivity index is 2.82. The van der Waals surface area contributed by atoms with Gasteiger partial charge in [0.05, 0.1) is 17.7 Å². The van der Waals surface area contributed by atoms with Crippen LogP contribution in [-0.2, 0) is 4.74 Å². The molecule has 18 heavy (non-hydrogen) atoms. The zero-order valence-electron chi connectivity index (χ0n) is 10.6. The molecule has 0 aliphatic carbocycles. The molecule has 0 heterocycles. The summed E-state index contributed by atoms with van der Waals surface area (Å²) < 4.78 is 18.5. The minimum absolute atomic E-state index is 0.0160. The molecule has 4 nitrogen and oxygen atoms in total. The normalized spacial score (nSPS) is 14.0. The van der Waals surface area contributed by atoms with Crippen molar-refractivity contribution in [1.29, 1.82) is 0 Å². The lowest BCUT2D eigenvalue weighted by Crippen LogP contribution is -2.50. The van der Waals surface area contributed by atoms with Crippen molar-refractivity contribution in [2.45, 2.75) is 18.9 Å². The molecular weight excluding hydrogens is 237 g/mol. The Morgan fingerprint density at radius 1 is 1.50 bits per heavy atom. The number of rotatable bonds is 6. The van der Waals surface area contributed by atoms with E-state index >= 15 is 0 Å². The number of nitrogens with one attached hydrogen (secondary N) is 1. The highest BCUT2D eigenvalue weighted by atomic mass is 19.1. The van der Waals surface area contributed by atoms with Crippen molar-refractivity contribution < 1.29 is 19.0 Å². The van der Waals surface area contributed by atoms with Gasteiger partial charge in [-0.1, -0.05) is 12.1 Å². The van der Waals surface area contributed by atoms with E-state index in [0.29, 0.717) is 6.42 Å². The second-order valence-corrected chi connectivity index (χ2v) is 4.40. The molecule has 0 spiro atoms. The molecule has 0 radical (unpaired) electrons. The standard InChI is InChI=1S/C13H18FNO3/c1-13(7-8-16,9-18-2)15-12(17)10-5-3-4-6-11(10)14/h3-6,16H,7-9H2,1-2H3,(H,15,17). The van der Waals surface area contributed by atoms with E-state index in [1.807, 2.05) is 0 Å². The van der Waals surface area contributed by atoms with Gasteiger partial charge in [-0.3, -0.25) is 4.79 Å². The van der Waals surface area contributed by atoms with Gasteiger partial charge in [-0.15, -0.1) is 0 Å². The number of ether oxygens (including phenoxy) is 1. The molecule has 1 aromatic rings. The molecular formula is C13H18FNO3. The molecule has 0 saturated carbocycles. The van der Waals surface area contributed by atoms with Crippen LogP contribution < -0.4 is 5.32 Å². The van der Waals surface area contributed by atoms with Crippen molar-refractivity contribution in [1.82, 2.24) is 5.32 Å². The smallest absolute Gasteiger partial charge is 0.254 e. The highest BCUT2D eigenvalue weighted by Crippen LogP contribution is 2.13. The molecule has 0 fully saturated rings. The minimum Gasteiger partial charge on any atom is -0.396 e. The van der Waals surface area contributed by atoms with E-state index in [2.05, 4.69) is 5.32 Å². The number of hydrogen-bond acceptors (Lipinski definition) is 3. The fourth-order valence-corrected chi connectivity index (χ4v) is 1.72. The molecule has 0 aromatic heterocycles. The number of benzene rings is 1. The van der Waals surface area contributed by atoms with Gasteiger partial charge in [-0.2, -0.15) is 0 Å². The predicted octanol–water partition coefficient (Wildman–Crippen LogP) is 1.34. The van der Waals surface area contributed by atoms with Gasteiger partial charge in [0.15, 0.2) is 0 Å². The van der Waals surface area contributed by atoms with Gasteiger partial charge in [0.1, 0.15) is 5.82 Å². The Morgan fingerprint density at radius 3 is 2.72 bits per heavy atom. The van der Waals surface area contributed by atoms with Crippen LogP contribution in [0.2, 0.25) is 0 Å². The minimum atomic E-state index is -0.719. The largest absolute Gasteiger partial charge is 0.396 e. The molecule has 0 aliphatic heterocycles. The quantitative estimate of drug-likeness (QED) is 0.806. The third-order valence-corrected chi connectivity index (χ3v) is 2.66. The topological polar surface area (TPSA) is 58.6 Å². The summed E-state index contributed by atoms with van der Waals surface area (Å²) in [5.74, 6) is -1.08. The number of carbonyl (C=O) groups excluding carboxylic acids is 1. The van der Waals surface area contributed by atoms with E-state index in [0.717, 1.165) is 0 Å². The Kier molecular flexibility index (Phi) is 5.25. The van der Waals surface area contributed by atoms with Crippen LogP contribution in [0.3, 0.4) is 0 Å². The molecule has 0 bridgehead atoms. The number of halogens is 1. The lowest BCUT2D eigenvalue weighted by atomic mass is 9.98. The summed E-state index contributed by atoms with van der Waals surface area (Å²) in [6.07, 6.45) is 0.334. The van der Waals surface area contributed by atoms with Crippen LogP contribution >= 0.6 is 0 Å². The zero-order chi connectivity index (χ0) is 13.6. The van der Waals surface area contributed by atoms with Crippen LogP contribution in [0.25, 0.3) is 0 Å². The monoisotopic (exact) mass is 255 g/mol. The molecule has 0 saturated heterocycles. The number of carbonyl (C=O) groups is 1. The van der Waals surface area contributed by atoms with Gasteiger partial charge in [0.2, 0.25) is 0 Å². The molecule has 100 valence electrons. The van der Waals surface area contributed by atoms with Crippen molar-refractivity contribution in [2.24, 2.45) is 0 Å². The number of amides is 1. The third-order valence-electron chi connectivity index (χ3n) is 2.66. The summed E-state index contributed by atoms with van der Waals surface area (Å²) in [7, 11) is 1.50. The highest BCUT2D eigenvalue weighted by Gasteiger charge is 2.27. The van der Waals surface area contributed by atoms with E-state index in [9.17, 15) is 9.18 Å². The molecule has 1 atom stereocenters. The van der Waals surface area contributed by atoms with E-state index in [4.69, 9.17) is 9.84 Å². The summed E-state index contributed by atoms with van der Waals surface area (Å²) in [6.45, 7) is 1.90. The Morgan fingerprint density at radius 2 is 2.17 bits per heavy atom. The number of hydrogen-bond donors (Lipinski definition) is 2. The maximum Gasteiger partial charge on any atom is 0.254 e. The first-order valence-corrected chi connectivity index (χ1v) is 5.69. The molecule has 5 heteroatoms. The Bertz CT molecular complexity index is 403. The maximum absolute atomic E-state index is 13.4. The summed E-state index contributed by atoms with van der Waals surface area (Å²) in [5, 5.41) is 11.7. The second kappa shape index (κ2) is 6.47. The zero-order valence-corrected chi connectivity index (χ0v) is 10.6. The van der Waals surface area contributed by atoms with E-state index < -0.39 is 17.3 Å². The lowest BCUT2D eigenvalue weighted by Gasteiger charge is -2.29. The van der Waals surface area contributed by atoms with Crippen molar-refractivity contribution in [3.05, 3.63) is 35.6 Å². The van der Waals surface area contributed by atoms with Crippen LogP contribution in [0.4, 0.5) is 4.39 Å². The second-order valence-electron chi connectivity index (χ2n) is 4.40. The van der Waals surface area contributed by atoms with Gasteiger partial charge >= 0.3 is 0 Å². The van der Waals surface area contributed by atoms with Gasteiger partial charge < -0.3 is 15.2 Å². The first-order chi connectivity index (χ1) is 8.52. The number of methoxy groups -OCH3 is 1. The van der Waals surface area contributed by atoms with E-state index in [1.54, 1.807) is 13.0 Å². The van der Waals surface area contributed by atoms with Gasteiger partial charge in [0, 0.05) is 13.7 Å². The van der Waals surface area contributed by atoms with Crippen molar-refractivity contribution in [2.75, 3.05) is 20.3 Å². The molecule has 1 aromatic carbocycles. The maximum atomic E-state index is 13.4. The summed E-state index contributed by atoms with van der Waals surface area (Å²) in [6, 6.07) is 5.76. The predicted molar refractivity (Wildman–Crippen MR) is 65.9 cm³/mol. The lowest BCUT2D eigenvalue weighted by molar-refractivity contribution is 0.0722. The summed E-state index contributed by atoms with van der Waals surface area (Å²) in [5.41, 5.74) is -0.735. The van der Waals surface area contributed by atoms with Gasteiger partial charge in [-0.05, 0) is 25.5 Å². The number of aliphatic hydroxyl groups is 1. The van der Waals surface area contributed by atoms with Crippen molar-refractivity contribution in [3.63, 3.8) is 0 Å². The molecule has 1 unspecified atom stereocenters. The molecule has 2 N–H and O–H groups in total. The first-order valence-electron chi connectivity index (χ1n) is 5.69. The molecule has 1 amide bonds. The van der Waals surface area contributed by atoms with Crippen molar-refractivity contribution in [3.8, 4) is 0 Å². The third kappa shape index (κ3) is 3.78. The highest BCUT2D eigenvalue weighted by molar-refractivity contribution is 5.94. The van der Waals surface area contributed by atoms with Crippen LogP contribution in [0.5, 0.6) is 0 Å².